The molecule has 0 saturated carbocycles. The van der Waals surface area contributed by atoms with Gasteiger partial charge in [0, 0.05) is 0 Å². The van der Waals surface area contributed by atoms with Crippen LogP contribution in [-0.4, -0.2) is 25.8 Å². The van der Waals surface area contributed by atoms with E-state index in [1.54, 1.807) is 12.0 Å². The maximum Gasteiger partial charge on any atom is 0.326 e. The number of para-hydroxylation sites is 4. The Labute approximate surface area is 135 Å². The van der Waals surface area contributed by atoms with Gasteiger partial charge in [0.05, 0.1) is 25.0 Å². The van der Waals surface area contributed by atoms with Gasteiger partial charge in [0.15, 0.2) is 0 Å². The highest BCUT2D eigenvalue weighted by Crippen LogP contribution is 2.34. The summed E-state index contributed by atoms with van der Waals surface area (Å²) in [4.78, 5) is 14.5. The van der Waals surface area contributed by atoms with E-state index in [-0.39, 0.29) is 12.1 Å². The van der Waals surface area contributed by atoms with Crippen LogP contribution in [0.5, 0.6) is 11.5 Å². The second-order valence-corrected chi connectivity index (χ2v) is 5.36. The van der Waals surface area contributed by atoms with E-state index in [9.17, 15) is 4.79 Å². The first kappa shape index (κ1) is 15.2. The zero-order chi connectivity index (χ0) is 16.2. The maximum atomic E-state index is 12.8. The number of hydrogen-bond acceptors (Lipinski definition) is 3. The van der Waals surface area contributed by atoms with Crippen LogP contribution in [0.25, 0.3) is 0 Å². The fourth-order valence-electron chi connectivity index (χ4n) is 2.63. The third kappa shape index (κ3) is 3.08. The molecule has 1 atom stereocenters. The van der Waals surface area contributed by atoms with Crippen molar-refractivity contribution < 1.29 is 14.3 Å². The SMILES string of the molecule is CCC1CN(C(=O)Nc2ccccc2OC)c2ccccc2O1. The summed E-state index contributed by atoms with van der Waals surface area (Å²) in [5.41, 5.74) is 1.43. The van der Waals surface area contributed by atoms with Crippen LogP contribution < -0.4 is 19.7 Å². The molecule has 1 aliphatic heterocycles. The molecule has 0 radical (unpaired) electrons. The number of nitrogens with one attached hydrogen (secondary N) is 1. The van der Waals surface area contributed by atoms with Gasteiger partial charge in [-0.15, -0.1) is 0 Å². The van der Waals surface area contributed by atoms with Crippen molar-refractivity contribution in [2.45, 2.75) is 19.4 Å². The molecule has 1 heterocycles. The molecule has 1 N–H and O–H groups in total. The molecule has 2 amide bonds. The van der Waals surface area contributed by atoms with Crippen LogP contribution in [0.4, 0.5) is 16.2 Å². The summed E-state index contributed by atoms with van der Waals surface area (Å²) in [5.74, 6) is 1.37. The molecule has 0 bridgehead atoms. The van der Waals surface area contributed by atoms with Crippen molar-refractivity contribution in [3.63, 3.8) is 0 Å². The van der Waals surface area contributed by atoms with Crippen molar-refractivity contribution in [1.82, 2.24) is 0 Å². The minimum atomic E-state index is -0.191. The number of carbonyl (C=O) groups excluding carboxylic acids is 1. The normalized spacial score (nSPS) is 16.3. The summed E-state index contributed by atoms with van der Waals surface area (Å²) >= 11 is 0. The lowest BCUT2D eigenvalue weighted by molar-refractivity contribution is 0.188. The van der Waals surface area contributed by atoms with Crippen LogP contribution in [0.3, 0.4) is 0 Å². The van der Waals surface area contributed by atoms with Crippen LogP contribution in [0.1, 0.15) is 13.3 Å². The highest BCUT2D eigenvalue weighted by molar-refractivity contribution is 6.03. The molecule has 1 aliphatic rings. The topological polar surface area (TPSA) is 50.8 Å². The Morgan fingerprint density at radius 1 is 1.26 bits per heavy atom. The van der Waals surface area contributed by atoms with Gasteiger partial charge in [-0.25, -0.2) is 4.79 Å². The minimum Gasteiger partial charge on any atom is -0.495 e. The van der Waals surface area contributed by atoms with Crippen LogP contribution in [0.15, 0.2) is 48.5 Å². The number of methoxy groups -OCH3 is 1. The highest BCUT2D eigenvalue weighted by atomic mass is 16.5. The molecule has 2 aromatic rings. The number of anilines is 2. The number of nitrogens with zero attached hydrogens (tertiary/aromatic N) is 1. The number of carbonyl (C=O) groups is 1. The monoisotopic (exact) mass is 312 g/mol. The molecule has 5 nitrogen and oxygen atoms in total. The molecule has 2 aromatic carbocycles. The Balaban J connectivity index is 1.87. The van der Waals surface area contributed by atoms with E-state index in [4.69, 9.17) is 9.47 Å². The van der Waals surface area contributed by atoms with Gasteiger partial charge in [-0.05, 0) is 30.7 Å². The van der Waals surface area contributed by atoms with E-state index < -0.39 is 0 Å². The third-order valence-electron chi connectivity index (χ3n) is 3.88. The van der Waals surface area contributed by atoms with Gasteiger partial charge < -0.3 is 14.8 Å². The molecule has 0 fully saturated rings. The summed E-state index contributed by atoms with van der Waals surface area (Å²) in [7, 11) is 1.59. The van der Waals surface area contributed by atoms with Gasteiger partial charge in [-0.1, -0.05) is 31.2 Å². The Morgan fingerprint density at radius 3 is 2.78 bits per heavy atom. The third-order valence-corrected chi connectivity index (χ3v) is 3.88. The number of urea groups is 1. The van der Waals surface area contributed by atoms with Crippen LogP contribution in [0.2, 0.25) is 0 Å². The number of ether oxygens (including phenoxy) is 2. The fraction of sp³-hybridized carbons (Fsp3) is 0.278. The molecule has 3 rings (SSSR count). The number of amides is 2. The second-order valence-electron chi connectivity index (χ2n) is 5.36. The van der Waals surface area contributed by atoms with Crippen molar-refractivity contribution in [3.8, 4) is 11.5 Å². The summed E-state index contributed by atoms with van der Waals surface area (Å²) < 4.78 is 11.2. The summed E-state index contributed by atoms with van der Waals surface area (Å²) in [5, 5.41) is 2.92. The minimum absolute atomic E-state index is 0.00619. The predicted molar refractivity (Wildman–Crippen MR) is 90.5 cm³/mol. The zero-order valence-corrected chi connectivity index (χ0v) is 13.3. The molecule has 1 unspecified atom stereocenters. The Bertz CT molecular complexity index is 702. The van der Waals surface area contributed by atoms with Crippen LogP contribution >= 0.6 is 0 Å². The van der Waals surface area contributed by atoms with Crippen molar-refractivity contribution in [1.29, 1.82) is 0 Å². The number of hydrogen-bond donors (Lipinski definition) is 1. The first-order chi connectivity index (χ1) is 11.2. The lowest BCUT2D eigenvalue weighted by Crippen LogP contribution is -2.45. The van der Waals surface area contributed by atoms with E-state index in [1.165, 1.54) is 0 Å². The van der Waals surface area contributed by atoms with Crippen molar-refractivity contribution in [2.75, 3.05) is 23.9 Å². The molecule has 5 heteroatoms. The summed E-state index contributed by atoms with van der Waals surface area (Å²) in [6.45, 7) is 2.57. The largest absolute Gasteiger partial charge is 0.495 e. The standard InChI is InChI=1S/C18H20N2O3/c1-3-13-12-20(15-9-5-7-11-17(15)23-13)18(21)19-14-8-4-6-10-16(14)22-2/h4-11,13H,3,12H2,1-2H3,(H,19,21). The molecule has 23 heavy (non-hydrogen) atoms. The summed E-state index contributed by atoms with van der Waals surface area (Å²) in [6, 6.07) is 14.8. The first-order valence-corrected chi connectivity index (χ1v) is 7.70. The van der Waals surface area contributed by atoms with Gasteiger partial charge in [0.25, 0.3) is 0 Å². The Morgan fingerprint density at radius 2 is 2.00 bits per heavy atom. The first-order valence-electron chi connectivity index (χ1n) is 7.70. The van der Waals surface area contributed by atoms with Crippen molar-refractivity contribution in [3.05, 3.63) is 48.5 Å². The Kier molecular flexibility index (Phi) is 4.37. The zero-order valence-electron chi connectivity index (χ0n) is 13.3. The van der Waals surface area contributed by atoms with E-state index in [0.717, 1.165) is 17.9 Å². The molecule has 0 aliphatic carbocycles. The van der Waals surface area contributed by atoms with Gasteiger partial charge in [0.1, 0.15) is 17.6 Å². The fourth-order valence-corrected chi connectivity index (χ4v) is 2.63. The average Bonchev–Trinajstić information content (AvgIpc) is 2.61. The number of fused-ring (bicyclic) bond motifs is 1. The molecule has 0 saturated heterocycles. The van der Waals surface area contributed by atoms with E-state index >= 15 is 0 Å². The predicted octanol–water partition coefficient (Wildman–Crippen LogP) is 3.90. The van der Waals surface area contributed by atoms with Gasteiger partial charge >= 0.3 is 6.03 Å². The lowest BCUT2D eigenvalue weighted by atomic mass is 10.1. The number of benzene rings is 2. The van der Waals surface area contributed by atoms with Crippen LogP contribution in [-0.2, 0) is 0 Å². The second kappa shape index (κ2) is 6.60. The lowest BCUT2D eigenvalue weighted by Gasteiger charge is -2.34. The van der Waals surface area contributed by atoms with Crippen LogP contribution in [0, 0.1) is 0 Å². The van der Waals surface area contributed by atoms with Gasteiger partial charge in [0.2, 0.25) is 0 Å². The van der Waals surface area contributed by atoms with E-state index in [0.29, 0.717) is 18.0 Å². The molecule has 120 valence electrons. The Hall–Kier alpha value is -2.69. The molecular formula is C18H20N2O3. The average molecular weight is 312 g/mol. The van der Waals surface area contributed by atoms with E-state index in [1.807, 2.05) is 48.5 Å². The molecule has 0 aromatic heterocycles. The highest BCUT2D eigenvalue weighted by Gasteiger charge is 2.29. The van der Waals surface area contributed by atoms with Gasteiger partial charge in [-0.2, -0.15) is 0 Å². The molecule has 0 spiro atoms. The smallest absolute Gasteiger partial charge is 0.326 e. The van der Waals surface area contributed by atoms with Crippen molar-refractivity contribution in [2.24, 2.45) is 0 Å². The summed E-state index contributed by atoms with van der Waals surface area (Å²) in [6.07, 6.45) is 0.834. The van der Waals surface area contributed by atoms with E-state index in [2.05, 4.69) is 12.2 Å². The maximum absolute atomic E-state index is 12.8. The molecular weight excluding hydrogens is 292 g/mol. The van der Waals surface area contributed by atoms with Gasteiger partial charge in [-0.3, -0.25) is 4.90 Å². The quantitative estimate of drug-likeness (QED) is 0.935. The number of rotatable bonds is 3. The van der Waals surface area contributed by atoms with Crippen molar-refractivity contribution >= 4 is 17.4 Å².